The zero-order valence-corrected chi connectivity index (χ0v) is 13.6. The van der Waals surface area contributed by atoms with E-state index in [1.54, 1.807) is 0 Å². The van der Waals surface area contributed by atoms with Gasteiger partial charge in [-0.1, -0.05) is 33.1 Å². The molecule has 1 aliphatic heterocycles. The monoisotopic (exact) mass is 292 g/mol. The van der Waals surface area contributed by atoms with Gasteiger partial charge >= 0.3 is 0 Å². The maximum atomic E-state index is 13.2. The van der Waals surface area contributed by atoms with Crippen molar-refractivity contribution in [2.75, 3.05) is 6.54 Å². The van der Waals surface area contributed by atoms with Crippen molar-refractivity contribution < 1.29 is 9.59 Å². The van der Waals surface area contributed by atoms with Crippen molar-refractivity contribution >= 4 is 11.8 Å². The minimum atomic E-state index is -0.654. The van der Waals surface area contributed by atoms with Gasteiger partial charge in [0, 0.05) is 6.54 Å². The molecule has 0 aromatic rings. The topological polar surface area (TPSA) is 49.4 Å². The van der Waals surface area contributed by atoms with E-state index < -0.39 is 11.1 Å². The van der Waals surface area contributed by atoms with Crippen LogP contribution in [0.1, 0.15) is 65.7 Å². The van der Waals surface area contributed by atoms with Gasteiger partial charge in [0.1, 0.15) is 11.1 Å². The molecule has 1 heterocycles. The highest BCUT2D eigenvalue weighted by molar-refractivity contribution is 6.02. The predicted molar refractivity (Wildman–Crippen MR) is 81.6 cm³/mol. The lowest BCUT2D eigenvalue weighted by Gasteiger charge is -2.51. The molecular weight excluding hydrogens is 264 g/mol. The maximum Gasteiger partial charge on any atom is 0.249 e. The van der Waals surface area contributed by atoms with Crippen LogP contribution < -0.4 is 5.32 Å². The van der Waals surface area contributed by atoms with Gasteiger partial charge in [0.05, 0.1) is 0 Å². The average Bonchev–Trinajstić information content (AvgIpc) is 3.21. The second-order valence-corrected chi connectivity index (χ2v) is 7.60. The molecule has 118 valence electrons. The molecule has 1 N–H and O–H groups in total. The van der Waals surface area contributed by atoms with Crippen LogP contribution in [0, 0.1) is 11.8 Å². The zero-order chi connectivity index (χ0) is 15.3. The Morgan fingerprint density at radius 3 is 2.43 bits per heavy atom. The van der Waals surface area contributed by atoms with Crippen molar-refractivity contribution in [1.29, 1.82) is 0 Å². The average molecular weight is 292 g/mol. The summed E-state index contributed by atoms with van der Waals surface area (Å²) in [6, 6.07) is 0. The smallest absolute Gasteiger partial charge is 0.249 e. The summed E-state index contributed by atoms with van der Waals surface area (Å²) in [4.78, 5) is 28.1. The Kier molecular flexibility index (Phi) is 3.53. The molecule has 2 atom stereocenters. The van der Waals surface area contributed by atoms with Crippen LogP contribution >= 0.6 is 0 Å². The fraction of sp³-hybridized carbons (Fsp3) is 0.882. The van der Waals surface area contributed by atoms with Crippen molar-refractivity contribution in [3.05, 3.63) is 0 Å². The number of hydrogen-bond donors (Lipinski definition) is 1. The maximum absolute atomic E-state index is 13.2. The van der Waals surface area contributed by atoms with Gasteiger partial charge in [-0.3, -0.25) is 9.59 Å². The summed E-state index contributed by atoms with van der Waals surface area (Å²) in [7, 11) is 0. The zero-order valence-electron chi connectivity index (χ0n) is 13.6. The van der Waals surface area contributed by atoms with Gasteiger partial charge in [0.2, 0.25) is 11.8 Å². The van der Waals surface area contributed by atoms with Crippen LogP contribution in [0.5, 0.6) is 0 Å². The van der Waals surface area contributed by atoms with Gasteiger partial charge in [0.25, 0.3) is 0 Å². The Morgan fingerprint density at radius 2 is 1.90 bits per heavy atom. The minimum Gasteiger partial charge on any atom is -0.340 e. The van der Waals surface area contributed by atoms with E-state index in [0.29, 0.717) is 11.8 Å². The Hall–Kier alpha value is -1.06. The molecule has 0 radical (unpaired) electrons. The van der Waals surface area contributed by atoms with Crippen LogP contribution in [0.4, 0.5) is 0 Å². The van der Waals surface area contributed by atoms with Gasteiger partial charge in [-0.15, -0.1) is 0 Å². The molecule has 0 aromatic heterocycles. The number of carbonyl (C=O) groups is 2. The Balaban J connectivity index is 1.94. The lowest BCUT2D eigenvalue weighted by molar-refractivity contribution is -0.164. The Morgan fingerprint density at radius 1 is 1.29 bits per heavy atom. The van der Waals surface area contributed by atoms with Gasteiger partial charge in [-0.2, -0.15) is 0 Å². The third-order valence-electron chi connectivity index (χ3n) is 6.02. The van der Waals surface area contributed by atoms with Crippen LogP contribution in [0.2, 0.25) is 0 Å². The molecule has 2 aliphatic carbocycles. The molecule has 1 spiro atoms. The standard InChI is InChI=1S/C17H28N2O2/c1-4-12(2)11-19-15(21)16(3,13-7-8-13)18-14(20)17(19)9-5-6-10-17/h12-13H,4-11H2,1-3H3,(H,18,20). The second-order valence-electron chi connectivity index (χ2n) is 7.60. The highest BCUT2D eigenvalue weighted by Crippen LogP contribution is 2.47. The molecular formula is C17H28N2O2. The molecule has 1 saturated heterocycles. The molecule has 2 amide bonds. The molecule has 4 nitrogen and oxygen atoms in total. The van der Waals surface area contributed by atoms with Gasteiger partial charge in [0.15, 0.2) is 0 Å². The first-order chi connectivity index (χ1) is 9.94. The highest BCUT2D eigenvalue weighted by Gasteiger charge is 2.61. The van der Waals surface area contributed by atoms with E-state index in [0.717, 1.165) is 51.5 Å². The third kappa shape index (κ3) is 2.18. The summed E-state index contributed by atoms with van der Waals surface area (Å²) in [5, 5.41) is 3.13. The Bertz CT molecular complexity index is 452. The number of nitrogens with one attached hydrogen (secondary N) is 1. The minimum absolute atomic E-state index is 0.109. The first-order valence-electron chi connectivity index (χ1n) is 8.58. The fourth-order valence-corrected chi connectivity index (χ4v) is 4.10. The number of carbonyl (C=O) groups excluding carboxylic acids is 2. The SMILES string of the molecule is CCC(C)CN1C(=O)C(C)(C2CC2)NC(=O)C12CCCC2. The molecule has 0 bridgehead atoms. The lowest BCUT2D eigenvalue weighted by Crippen LogP contribution is -2.75. The van der Waals surface area contributed by atoms with Crippen LogP contribution in [-0.4, -0.2) is 34.3 Å². The quantitative estimate of drug-likeness (QED) is 0.865. The number of nitrogens with zero attached hydrogens (tertiary/aromatic N) is 1. The summed E-state index contributed by atoms with van der Waals surface area (Å²) in [6.07, 6.45) is 6.94. The van der Waals surface area contributed by atoms with Crippen LogP contribution in [0.15, 0.2) is 0 Å². The molecule has 2 unspecified atom stereocenters. The van der Waals surface area contributed by atoms with Gasteiger partial charge < -0.3 is 10.2 Å². The van der Waals surface area contributed by atoms with Gasteiger partial charge in [-0.05, 0) is 44.4 Å². The van der Waals surface area contributed by atoms with Crippen molar-refractivity contribution in [3.8, 4) is 0 Å². The van der Waals surface area contributed by atoms with Crippen LogP contribution in [0.3, 0.4) is 0 Å². The van der Waals surface area contributed by atoms with Crippen molar-refractivity contribution in [3.63, 3.8) is 0 Å². The molecule has 21 heavy (non-hydrogen) atoms. The fourth-order valence-electron chi connectivity index (χ4n) is 4.10. The molecule has 2 saturated carbocycles. The highest BCUT2D eigenvalue weighted by atomic mass is 16.2. The van der Waals surface area contributed by atoms with E-state index in [1.807, 2.05) is 11.8 Å². The molecule has 3 rings (SSSR count). The van der Waals surface area contributed by atoms with E-state index >= 15 is 0 Å². The molecule has 0 aromatic carbocycles. The summed E-state index contributed by atoms with van der Waals surface area (Å²) in [6.45, 7) is 7.00. The van der Waals surface area contributed by atoms with E-state index in [-0.39, 0.29) is 11.8 Å². The van der Waals surface area contributed by atoms with Crippen LogP contribution in [0.25, 0.3) is 0 Å². The summed E-state index contributed by atoms with van der Waals surface area (Å²) >= 11 is 0. The first kappa shape index (κ1) is 14.9. The third-order valence-corrected chi connectivity index (χ3v) is 6.02. The largest absolute Gasteiger partial charge is 0.340 e. The summed E-state index contributed by atoms with van der Waals surface area (Å²) in [5.74, 6) is 1.07. The number of rotatable bonds is 4. The number of piperazine rings is 1. The first-order valence-corrected chi connectivity index (χ1v) is 8.58. The number of hydrogen-bond acceptors (Lipinski definition) is 2. The van der Waals surface area contributed by atoms with E-state index in [9.17, 15) is 9.59 Å². The van der Waals surface area contributed by atoms with Crippen molar-refractivity contribution in [2.24, 2.45) is 11.8 Å². The normalized spacial score (nSPS) is 33.4. The van der Waals surface area contributed by atoms with E-state index in [4.69, 9.17) is 0 Å². The molecule has 3 aliphatic rings. The lowest BCUT2D eigenvalue weighted by atomic mass is 9.81. The van der Waals surface area contributed by atoms with Crippen molar-refractivity contribution in [1.82, 2.24) is 10.2 Å². The van der Waals surface area contributed by atoms with Gasteiger partial charge in [-0.25, -0.2) is 0 Å². The predicted octanol–water partition coefficient (Wildman–Crippen LogP) is 2.47. The molecule has 3 fully saturated rings. The van der Waals surface area contributed by atoms with E-state index in [2.05, 4.69) is 19.2 Å². The van der Waals surface area contributed by atoms with Crippen LogP contribution in [-0.2, 0) is 9.59 Å². The Labute approximate surface area is 127 Å². The number of amides is 2. The summed E-state index contributed by atoms with van der Waals surface area (Å²) < 4.78 is 0. The van der Waals surface area contributed by atoms with E-state index in [1.165, 1.54) is 0 Å². The second kappa shape index (κ2) is 4.99. The van der Waals surface area contributed by atoms with Crippen molar-refractivity contribution in [2.45, 2.75) is 76.8 Å². The molecule has 4 heteroatoms. The summed E-state index contributed by atoms with van der Waals surface area (Å²) in [5.41, 5.74) is -1.20.